The first-order valence-electron chi connectivity index (χ1n) is 10.5. The Hall–Kier alpha value is -2.93. The Labute approximate surface area is 198 Å². The number of benzene rings is 2. The molecule has 32 heavy (non-hydrogen) atoms. The lowest BCUT2D eigenvalue weighted by atomic mass is 10.1. The second-order valence-corrected chi connectivity index (χ2v) is 8.57. The van der Waals surface area contributed by atoms with Crippen LogP contribution in [0.1, 0.15) is 16.1 Å². The van der Waals surface area contributed by atoms with Crippen molar-refractivity contribution in [1.29, 1.82) is 0 Å². The van der Waals surface area contributed by atoms with Crippen molar-refractivity contribution in [2.75, 3.05) is 26.2 Å². The van der Waals surface area contributed by atoms with Gasteiger partial charge in [-0.2, -0.15) is 0 Å². The van der Waals surface area contributed by atoms with Crippen LogP contribution in [-0.4, -0.2) is 51.4 Å². The van der Waals surface area contributed by atoms with Gasteiger partial charge in [0.15, 0.2) is 0 Å². The van der Waals surface area contributed by atoms with Crippen molar-refractivity contribution in [2.45, 2.75) is 6.54 Å². The number of amides is 1. The summed E-state index contributed by atoms with van der Waals surface area (Å²) in [7, 11) is 0. The number of thiazole rings is 1. The Morgan fingerprint density at radius 2 is 1.56 bits per heavy atom. The van der Waals surface area contributed by atoms with Crippen LogP contribution in [0.25, 0.3) is 16.3 Å². The van der Waals surface area contributed by atoms with Crippen LogP contribution in [-0.2, 0) is 6.54 Å². The van der Waals surface area contributed by atoms with Gasteiger partial charge in [-0.05, 0) is 36.4 Å². The molecule has 0 aliphatic carbocycles. The van der Waals surface area contributed by atoms with E-state index >= 15 is 0 Å². The first kappa shape index (κ1) is 22.3. The minimum atomic E-state index is 0. The Balaban J connectivity index is 0.00000245. The number of carbonyl (C=O) groups is 1. The molecule has 0 saturated carbocycles. The van der Waals surface area contributed by atoms with E-state index in [4.69, 9.17) is 4.98 Å². The molecule has 1 aliphatic rings. The summed E-state index contributed by atoms with van der Waals surface area (Å²) in [5, 5.41) is 3.21. The summed E-state index contributed by atoms with van der Waals surface area (Å²) in [4.78, 5) is 22.0. The van der Waals surface area contributed by atoms with Gasteiger partial charge in [0.1, 0.15) is 5.01 Å². The number of halogens is 1. The smallest absolute Gasteiger partial charge is 0.253 e. The fourth-order valence-corrected chi connectivity index (χ4v) is 4.71. The Morgan fingerprint density at radius 3 is 2.25 bits per heavy atom. The SMILES string of the molecule is Cl.O=C(c1ccc(-n2cccc2)cc1)N1CCN(Cc2csc(-c3ccccc3)n2)CC1. The van der Waals surface area contributed by atoms with Crippen LogP contribution in [0, 0.1) is 0 Å². The normalized spacial score (nSPS) is 14.2. The molecule has 7 heteroatoms. The molecular formula is C25H25ClN4OS. The lowest BCUT2D eigenvalue weighted by molar-refractivity contribution is 0.0627. The molecule has 1 aliphatic heterocycles. The Morgan fingerprint density at radius 1 is 0.875 bits per heavy atom. The molecule has 164 valence electrons. The van der Waals surface area contributed by atoms with Gasteiger partial charge in [-0.1, -0.05) is 30.3 Å². The van der Waals surface area contributed by atoms with Crippen molar-refractivity contribution in [2.24, 2.45) is 0 Å². The van der Waals surface area contributed by atoms with Gasteiger partial charge in [0.25, 0.3) is 5.91 Å². The van der Waals surface area contributed by atoms with E-state index in [0.29, 0.717) is 0 Å². The molecule has 0 radical (unpaired) electrons. The number of carbonyl (C=O) groups excluding carboxylic acids is 1. The summed E-state index contributed by atoms with van der Waals surface area (Å²) < 4.78 is 2.04. The molecule has 2 aromatic carbocycles. The molecule has 0 spiro atoms. The monoisotopic (exact) mass is 464 g/mol. The van der Waals surface area contributed by atoms with Crippen LogP contribution in [0.15, 0.2) is 84.5 Å². The van der Waals surface area contributed by atoms with Crippen molar-refractivity contribution < 1.29 is 4.79 Å². The molecule has 1 fully saturated rings. The van der Waals surface area contributed by atoms with E-state index in [1.54, 1.807) is 11.3 Å². The summed E-state index contributed by atoms with van der Waals surface area (Å²) in [5.41, 5.74) is 4.07. The molecular weight excluding hydrogens is 440 g/mol. The highest BCUT2D eigenvalue weighted by atomic mass is 35.5. The number of hydrogen-bond donors (Lipinski definition) is 0. The largest absolute Gasteiger partial charge is 0.336 e. The number of hydrogen-bond acceptors (Lipinski definition) is 4. The zero-order valence-electron chi connectivity index (χ0n) is 17.6. The Kier molecular flexibility index (Phi) is 7.05. The highest BCUT2D eigenvalue weighted by Gasteiger charge is 2.22. The molecule has 0 unspecified atom stereocenters. The van der Waals surface area contributed by atoms with Gasteiger partial charge < -0.3 is 9.47 Å². The molecule has 5 nitrogen and oxygen atoms in total. The predicted octanol–water partition coefficient (Wildman–Crippen LogP) is 4.98. The highest BCUT2D eigenvalue weighted by Crippen LogP contribution is 2.24. The number of rotatable bonds is 5. The maximum Gasteiger partial charge on any atom is 0.253 e. The lowest BCUT2D eigenvalue weighted by Gasteiger charge is -2.34. The zero-order valence-corrected chi connectivity index (χ0v) is 19.3. The third-order valence-electron chi connectivity index (χ3n) is 5.63. The van der Waals surface area contributed by atoms with Crippen molar-refractivity contribution in [3.63, 3.8) is 0 Å². The van der Waals surface area contributed by atoms with Crippen molar-refractivity contribution >= 4 is 29.7 Å². The van der Waals surface area contributed by atoms with Crippen LogP contribution in [0.5, 0.6) is 0 Å². The van der Waals surface area contributed by atoms with E-state index in [0.717, 1.165) is 60.2 Å². The minimum absolute atomic E-state index is 0. The third-order valence-corrected chi connectivity index (χ3v) is 6.57. The molecule has 4 aromatic rings. The van der Waals surface area contributed by atoms with Crippen molar-refractivity contribution in [3.05, 3.63) is 95.8 Å². The predicted molar refractivity (Wildman–Crippen MR) is 132 cm³/mol. The number of aromatic nitrogens is 2. The van der Waals surface area contributed by atoms with Gasteiger partial charge in [-0.25, -0.2) is 4.98 Å². The van der Waals surface area contributed by atoms with Crippen LogP contribution in [0.4, 0.5) is 0 Å². The number of nitrogens with zero attached hydrogens (tertiary/aromatic N) is 4. The minimum Gasteiger partial charge on any atom is -0.336 e. The second kappa shape index (κ2) is 10.1. The summed E-state index contributed by atoms with van der Waals surface area (Å²) in [6, 6.07) is 22.1. The molecule has 5 rings (SSSR count). The average molecular weight is 465 g/mol. The van der Waals surface area contributed by atoms with E-state index in [9.17, 15) is 4.79 Å². The molecule has 0 atom stereocenters. The quantitative estimate of drug-likeness (QED) is 0.418. The van der Waals surface area contributed by atoms with Crippen LogP contribution in [0.3, 0.4) is 0 Å². The topological polar surface area (TPSA) is 41.4 Å². The van der Waals surface area contributed by atoms with E-state index < -0.39 is 0 Å². The average Bonchev–Trinajstić information content (AvgIpc) is 3.53. The van der Waals surface area contributed by atoms with E-state index in [1.807, 2.05) is 76.5 Å². The fraction of sp³-hybridized carbons (Fsp3) is 0.200. The zero-order chi connectivity index (χ0) is 21.0. The molecule has 0 bridgehead atoms. The summed E-state index contributed by atoms with van der Waals surface area (Å²) in [6.07, 6.45) is 4.00. The van der Waals surface area contributed by atoms with Gasteiger partial charge in [0.2, 0.25) is 0 Å². The van der Waals surface area contributed by atoms with Gasteiger partial charge in [0.05, 0.1) is 5.69 Å². The molecule has 0 N–H and O–H groups in total. The third kappa shape index (κ3) is 4.93. The van der Waals surface area contributed by atoms with Crippen molar-refractivity contribution in [1.82, 2.24) is 19.4 Å². The first-order chi connectivity index (χ1) is 15.3. The van der Waals surface area contributed by atoms with Gasteiger partial charge in [-0.15, -0.1) is 23.7 Å². The number of piperazine rings is 1. The summed E-state index contributed by atoms with van der Waals surface area (Å²) in [5.74, 6) is 0.110. The van der Waals surface area contributed by atoms with E-state index in [1.165, 1.54) is 0 Å². The van der Waals surface area contributed by atoms with Crippen LogP contribution >= 0.6 is 23.7 Å². The van der Waals surface area contributed by atoms with Crippen molar-refractivity contribution in [3.8, 4) is 16.3 Å². The first-order valence-corrected chi connectivity index (χ1v) is 11.4. The summed E-state index contributed by atoms with van der Waals surface area (Å²) in [6.45, 7) is 4.05. The fourth-order valence-electron chi connectivity index (χ4n) is 3.90. The molecule has 1 saturated heterocycles. The van der Waals surface area contributed by atoms with Crippen LogP contribution < -0.4 is 0 Å². The van der Waals surface area contributed by atoms with Gasteiger partial charge >= 0.3 is 0 Å². The molecule has 1 amide bonds. The Bertz CT molecular complexity index is 1130. The second-order valence-electron chi connectivity index (χ2n) is 7.72. The van der Waals surface area contributed by atoms with Crippen LogP contribution in [0.2, 0.25) is 0 Å². The van der Waals surface area contributed by atoms with E-state index in [2.05, 4.69) is 22.4 Å². The maximum atomic E-state index is 12.9. The van der Waals surface area contributed by atoms with E-state index in [-0.39, 0.29) is 18.3 Å². The highest BCUT2D eigenvalue weighted by molar-refractivity contribution is 7.13. The standard InChI is InChI=1S/C25H24N4OS.ClH/c30-25(21-8-10-23(11-9-21)28-12-4-5-13-28)29-16-14-27(15-17-29)18-22-19-31-24(26-22)20-6-2-1-3-7-20;/h1-13,19H,14-18H2;1H. The summed E-state index contributed by atoms with van der Waals surface area (Å²) >= 11 is 1.69. The van der Waals surface area contributed by atoms with Gasteiger partial charge in [0, 0.05) is 67.3 Å². The molecule has 3 heterocycles. The lowest BCUT2D eigenvalue weighted by Crippen LogP contribution is -2.48. The maximum absolute atomic E-state index is 12.9. The van der Waals surface area contributed by atoms with Gasteiger partial charge in [-0.3, -0.25) is 9.69 Å². The molecule has 2 aromatic heterocycles.